The standard InChI is InChI=1S/C36H58SSi/c1-25(2)37(26(3)4,27(5)6)23-21-35-31-17-13-15-19-33(31)36(34-20-16-14-18-32(34)35)22-24-38(28(7)8,29(9)10)30(11)12/h13,15,19,25-32,35H,14,16-18,20H2,1-12H3. The Labute approximate surface area is 240 Å². The third-order valence-electron chi connectivity index (χ3n) is 10.3. The minimum Gasteiger partial charge on any atom is -0.170 e. The van der Waals surface area contributed by atoms with Crippen LogP contribution in [-0.2, 0) is 0 Å². The molecule has 0 aromatic heterocycles. The Balaban J connectivity index is 2.21. The van der Waals surface area contributed by atoms with Crippen molar-refractivity contribution in [3.63, 3.8) is 0 Å². The smallest absolute Gasteiger partial charge is 0.146 e. The molecule has 3 atom stereocenters. The first-order chi connectivity index (χ1) is 17.8. The highest BCUT2D eigenvalue weighted by molar-refractivity contribution is 8.38. The molecule has 1 fully saturated rings. The van der Waals surface area contributed by atoms with Gasteiger partial charge >= 0.3 is 0 Å². The van der Waals surface area contributed by atoms with Crippen molar-refractivity contribution in [2.45, 2.75) is 148 Å². The van der Waals surface area contributed by atoms with E-state index in [0.29, 0.717) is 50.1 Å². The Kier molecular flexibility index (Phi) is 10.4. The first-order valence-corrected chi connectivity index (χ1v) is 19.8. The van der Waals surface area contributed by atoms with Crippen molar-refractivity contribution in [3.8, 4) is 22.6 Å². The van der Waals surface area contributed by atoms with Gasteiger partial charge in [0.1, 0.15) is 8.07 Å². The molecule has 0 nitrogen and oxygen atoms in total. The topological polar surface area (TPSA) is 0 Å². The van der Waals surface area contributed by atoms with Crippen LogP contribution in [-0.4, -0.2) is 23.8 Å². The van der Waals surface area contributed by atoms with Crippen LogP contribution in [0.2, 0.25) is 16.6 Å². The lowest BCUT2D eigenvalue weighted by Crippen LogP contribution is -2.43. The molecule has 2 heteroatoms. The van der Waals surface area contributed by atoms with E-state index in [0.717, 1.165) is 6.42 Å². The van der Waals surface area contributed by atoms with Gasteiger partial charge in [-0.15, -0.1) is 5.54 Å². The van der Waals surface area contributed by atoms with E-state index in [1.807, 2.05) is 0 Å². The molecule has 0 aliphatic heterocycles. The van der Waals surface area contributed by atoms with Gasteiger partial charge in [0.25, 0.3) is 0 Å². The van der Waals surface area contributed by atoms with Gasteiger partial charge in [0.2, 0.25) is 0 Å². The lowest BCUT2D eigenvalue weighted by molar-refractivity contribution is 0.291. The molecule has 0 saturated heterocycles. The maximum atomic E-state index is 4.12. The zero-order chi connectivity index (χ0) is 28.4. The molecule has 3 rings (SSSR count). The van der Waals surface area contributed by atoms with Crippen LogP contribution in [0, 0.1) is 40.4 Å². The van der Waals surface area contributed by atoms with Crippen molar-refractivity contribution in [1.29, 1.82) is 0 Å². The zero-order valence-corrected chi connectivity index (χ0v) is 28.7. The first-order valence-electron chi connectivity index (χ1n) is 15.8. The van der Waals surface area contributed by atoms with Crippen LogP contribution in [0.25, 0.3) is 0 Å². The van der Waals surface area contributed by atoms with Crippen LogP contribution in [0.1, 0.15) is 115 Å². The third kappa shape index (κ3) is 5.57. The van der Waals surface area contributed by atoms with E-state index in [9.17, 15) is 0 Å². The largest absolute Gasteiger partial charge is 0.170 e. The molecule has 38 heavy (non-hydrogen) atoms. The molecule has 3 aliphatic carbocycles. The highest BCUT2D eigenvalue weighted by Gasteiger charge is 2.44. The molecule has 0 heterocycles. The summed E-state index contributed by atoms with van der Waals surface area (Å²) in [4.78, 5) is 0. The van der Waals surface area contributed by atoms with E-state index >= 15 is 0 Å². The Morgan fingerprint density at radius 2 is 1.37 bits per heavy atom. The Morgan fingerprint density at radius 3 is 1.89 bits per heavy atom. The molecular formula is C36H58SSi. The van der Waals surface area contributed by atoms with Crippen LogP contribution in [0.4, 0.5) is 0 Å². The van der Waals surface area contributed by atoms with Crippen molar-refractivity contribution in [2.24, 2.45) is 17.8 Å². The monoisotopic (exact) mass is 550 g/mol. The summed E-state index contributed by atoms with van der Waals surface area (Å²) in [6, 6.07) is 0. The molecule has 1 saturated carbocycles. The van der Waals surface area contributed by atoms with Gasteiger partial charge in [-0.2, -0.15) is 10.0 Å². The molecule has 0 spiro atoms. The normalized spacial score (nSPS) is 24.4. The zero-order valence-electron chi connectivity index (χ0n) is 26.9. The molecule has 0 aromatic carbocycles. The lowest BCUT2D eigenvalue weighted by Gasteiger charge is -2.47. The van der Waals surface area contributed by atoms with Crippen LogP contribution in [0.3, 0.4) is 0 Å². The summed E-state index contributed by atoms with van der Waals surface area (Å²) in [5.41, 5.74) is 10.7. The van der Waals surface area contributed by atoms with E-state index < -0.39 is 18.1 Å². The van der Waals surface area contributed by atoms with E-state index in [-0.39, 0.29) is 0 Å². The van der Waals surface area contributed by atoms with Gasteiger partial charge in [0.15, 0.2) is 0 Å². The summed E-state index contributed by atoms with van der Waals surface area (Å²) in [6.07, 6.45) is 13.4. The third-order valence-corrected chi connectivity index (χ3v) is 21.8. The second kappa shape index (κ2) is 12.6. The molecule has 3 aliphatic rings. The SMILES string of the molecule is CC(C)[Si](C#CC1=C2CCCCC2C(C#CS(C(C)C)(C(C)C)C(C)C)C2CC=CC=C12)(C(C)C)C(C)C. The van der Waals surface area contributed by atoms with Gasteiger partial charge in [-0.1, -0.05) is 125 Å². The van der Waals surface area contributed by atoms with Crippen LogP contribution < -0.4 is 0 Å². The minimum atomic E-state index is -1.78. The van der Waals surface area contributed by atoms with E-state index in [2.05, 4.69) is 124 Å². The molecule has 0 radical (unpaired) electrons. The average Bonchev–Trinajstić information content (AvgIpc) is 2.84. The maximum absolute atomic E-state index is 4.12. The summed E-state index contributed by atoms with van der Waals surface area (Å²) in [5, 5.41) is 6.00. The molecule has 0 aromatic rings. The Bertz CT molecular complexity index is 1010. The molecule has 0 bridgehead atoms. The summed E-state index contributed by atoms with van der Waals surface area (Å²) in [5.74, 6) is 9.62. The molecule has 0 N–H and O–H groups in total. The predicted molar refractivity (Wildman–Crippen MR) is 177 cm³/mol. The summed E-state index contributed by atoms with van der Waals surface area (Å²) in [7, 11) is -2.81. The molecule has 3 unspecified atom stereocenters. The van der Waals surface area contributed by atoms with E-state index in [4.69, 9.17) is 0 Å². The lowest BCUT2D eigenvalue weighted by atomic mass is 9.61. The Morgan fingerprint density at radius 1 is 0.789 bits per heavy atom. The highest BCUT2D eigenvalue weighted by Crippen LogP contribution is 2.60. The summed E-state index contributed by atoms with van der Waals surface area (Å²) < 4.78 is 0. The fourth-order valence-electron chi connectivity index (χ4n) is 8.58. The number of allylic oxidation sites excluding steroid dienone is 6. The quantitative estimate of drug-likeness (QED) is 0.228. The minimum absolute atomic E-state index is 0.442. The average molecular weight is 551 g/mol. The second-order valence-corrected chi connectivity index (χ2v) is 24.1. The molecular weight excluding hydrogens is 493 g/mol. The van der Waals surface area contributed by atoms with Gasteiger partial charge < -0.3 is 0 Å². The van der Waals surface area contributed by atoms with Crippen molar-refractivity contribution in [1.82, 2.24) is 0 Å². The van der Waals surface area contributed by atoms with E-state index in [1.54, 1.807) is 5.57 Å². The fraction of sp³-hybridized carbons (Fsp3) is 0.722. The van der Waals surface area contributed by atoms with Gasteiger partial charge in [-0.25, -0.2) is 0 Å². The molecule has 212 valence electrons. The number of hydrogen-bond donors (Lipinski definition) is 0. The number of hydrogen-bond acceptors (Lipinski definition) is 0. The fourth-order valence-corrected chi connectivity index (χ4v) is 18.1. The number of fused-ring (bicyclic) bond motifs is 2. The van der Waals surface area contributed by atoms with Gasteiger partial charge in [-0.05, 0) is 75.1 Å². The Hall–Kier alpha value is -1.09. The first kappa shape index (κ1) is 31.4. The summed E-state index contributed by atoms with van der Waals surface area (Å²) >= 11 is 0. The van der Waals surface area contributed by atoms with Crippen LogP contribution in [0.5, 0.6) is 0 Å². The van der Waals surface area contributed by atoms with Gasteiger partial charge in [0, 0.05) is 17.4 Å². The maximum Gasteiger partial charge on any atom is 0.146 e. The van der Waals surface area contributed by atoms with Crippen molar-refractivity contribution in [2.75, 3.05) is 0 Å². The van der Waals surface area contributed by atoms with Gasteiger partial charge in [-0.3, -0.25) is 0 Å². The molecule has 0 amide bonds. The van der Waals surface area contributed by atoms with Crippen molar-refractivity contribution in [3.05, 3.63) is 34.9 Å². The highest BCUT2D eigenvalue weighted by atomic mass is 32.3. The van der Waals surface area contributed by atoms with Gasteiger partial charge in [0.05, 0.1) is 0 Å². The van der Waals surface area contributed by atoms with Crippen LogP contribution in [0.15, 0.2) is 34.9 Å². The van der Waals surface area contributed by atoms with Crippen LogP contribution >= 0.6 is 10.0 Å². The number of rotatable bonds is 6. The van der Waals surface area contributed by atoms with E-state index in [1.165, 1.54) is 36.8 Å². The van der Waals surface area contributed by atoms with Crippen molar-refractivity contribution < 1.29 is 0 Å². The summed E-state index contributed by atoms with van der Waals surface area (Å²) in [6.45, 7) is 29.2. The predicted octanol–water partition coefficient (Wildman–Crippen LogP) is 10.8. The second-order valence-electron chi connectivity index (χ2n) is 14.0. The van der Waals surface area contributed by atoms with Crippen molar-refractivity contribution >= 4 is 18.1 Å².